The van der Waals surface area contributed by atoms with Gasteiger partial charge in [0.15, 0.2) is 5.75 Å². The number of nitrogens with two attached hydrogens (primary N) is 2. The number of hydrazine groups is 1. The number of nitrogens with zero attached hydrogens (tertiary/aromatic N) is 3. The summed E-state index contributed by atoms with van der Waals surface area (Å²) in [6, 6.07) is 9.07. The number of anilines is 3. The Hall–Kier alpha value is -4.03. The van der Waals surface area contributed by atoms with E-state index in [9.17, 15) is 13.2 Å². The Morgan fingerprint density at radius 3 is 2.40 bits per heavy atom. The molecule has 43 heavy (non-hydrogen) atoms. The minimum atomic E-state index is -3.61. The molecule has 1 heterocycles. The molecule has 0 saturated heterocycles. The molecule has 0 unspecified atom stereocenters. The molecule has 2 aromatic carbocycles. The molecule has 11 nitrogen and oxygen atoms in total. The van der Waals surface area contributed by atoms with Crippen LogP contribution in [0.1, 0.15) is 92.4 Å². The lowest BCUT2D eigenvalue weighted by molar-refractivity contribution is 0.102. The Balaban J connectivity index is 1.66. The molecule has 1 aliphatic carbocycles. The third-order valence-electron chi connectivity index (χ3n) is 7.28. The van der Waals surface area contributed by atoms with Crippen LogP contribution in [-0.2, 0) is 15.4 Å². The Morgan fingerprint density at radius 2 is 1.84 bits per heavy atom. The molecule has 3 aromatic rings. The SMILES string of the molecule is COc1c(NC(=O)c2ccc(C)c(N(N)/C=C(\N)c3cnc(C(C)C)n3C3CC3)c2)cc(C(C)(C)C)cc1NS(C)(=O)=O. The van der Waals surface area contributed by atoms with Gasteiger partial charge >= 0.3 is 0 Å². The van der Waals surface area contributed by atoms with E-state index in [0.717, 1.165) is 41.7 Å². The van der Waals surface area contributed by atoms with Crippen molar-refractivity contribution in [3.05, 3.63) is 70.9 Å². The molecule has 0 spiro atoms. The maximum atomic E-state index is 13.5. The standard InChI is InChI=1S/C31H43N7O4S/c1-18(2)29-34-16-27(38(29)22-11-12-22)23(32)17-37(33)26-13-20(10-9-19(26)3)30(39)35-24-14-21(31(4,5)6)15-25(28(24)42-7)36-43(8,40)41/h9-10,13-18,22,36H,11-12,32-33H2,1-8H3,(H,35,39)/b23-17-. The van der Waals surface area contributed by atoms with Crippen molar-refractivity contribution in [2.24, 2.45) is 11.6 Å². The zero-order chi connectivity index (χ0) is 31.9. The van der Waals surface area contributed by atoms with Gasteiger partial charge in [-0.3, -0.25) is 14.5 Å². The maximum absolute atomic E-state index is 13.5. The summed E-state index contributed by atoms with van der Waals surface area (Å²) in [7, 11) is -2.19. The summed E-state index contributed by atoms with van der Waals surface area (Å²) in [5.41, 5.74) is 10.6. The van der Waals surface area contributed by atoms with E-state index in [1.165, 1.54) is 12.1 Å². The van der Waals surface area contributed by atoms with Gasteiger partial charge in [-0.25, -0.2) is 19.2 Å². The number of aromatic nitrogens is 2. The topological polar surface area (TPSA) is 158 Å². The average molecular weight is 610 g/mol. The van der Waals surface area contributed by atoms with Gasteiger partial charge in [0.25, 0.3) is 5.91 Å². The van der Waals surface area contributed by atoms with Crippen molar-refractivity contribution in [1.82, 2.24) is 9.55 Å². The van der Waals surface area contributed by atoms with E-state index in [4.69, 9.17) is 16.3 Å². The molecular formula is C31H43N7O4S. The van der Waals surface area contributed by atoms with Gasteiger partial charge in [-0.05, 0) is 60.6 Å². The number of benzene rings is 2. The van der Waals surface area contributed by atoms with Crippen LogP contribution in [0.2, 0.25) is 0 Å². The molecule has 1 aromatic heterocycles. The summed E-state index contributed by atoms with van der Waals surface area (Å²) in [6.07, 6.45) is 6.67. The monoisotopic (exact) mass is 609 g/mol. The summed E-state index contributed by atoms with van der Waals surface area (Å²) in [4.78, 5) is 18.2. The fourth-order valence-electron chi connectivity index (χ4n) is 4.89. The highest BCUT2D eigenvalue weighted by Gasteiger charge is 2.30. The molecule has 1 fully saturated rings. The van der Waals surface area contributed by atoms with E-state index in [-0.39, 0.29) is 22.8 Å². The van der Waals surface area contributed by atoms with Gasteiger partial charge in [0, 0.05) is 23.7 Å². The number of ether oxygens (including phenoxy) is 1. The van der Waals surface area contributed by atoms with E-state index < -0.39 is 15.9 Å². The van der Waals surface area contributed by atoms with E-state index in [1.807, 2.05) is 27.7 Å². The van der Waals surface area contributed by atoms with Crippen LogP contribution in [0, 0.1) is 6.92 Å². The fraction of sp³-hybridized carbons (Fsp3) is 0.419. The van der Waals surface area contributed by atoms with E-state index in [1.54, 1.807) is 42.7 Å². The van der Waals surface area contributed by atoms with Gasteiger partial charge in [-0.2, -0.15) is 0 Å². The minimum Gasteiger partial charge on any atom is -0.492 e. The number of hydrogen-bond donors (Lipinski definition) is 4. The average Bonchev–Trinajstić information content (AvgIpc) is 3.63. The lowest BCUT2D eigenvalue weighted by atomic mass is 9.86. The van der Waals surface area contributed by atoms with Gasteiger partial charge < -0.3 is 20.4 Å². The van der Waals surface area contributed by atoms with Crippen molar-refractivity contribution in [3.8, 4) is 5.75 Å². The minimum absolute atomic E-state index is 0.198. The first-order valence-corrected chi connectivity index (χ1v) is 16.1. The Morgan fingerprint density at radius 1 is 1.19 bits per heavy atom. The smallest absolute Gasteiger partial charge is 0.255 e. The number of sulfonamides is 1. The van der Waals surface area contributed by atoms with Gasteiger partial charge in [-0.15, -0.1) is 0 Å². The Kier molecular flexibility index (Phi) is 8.85. The zero-order valence-electron chi connectivity index (χ0n) is 26.1. The second-order valence-corrected chi connectivity index (χ2v) is 14.2. The summed E-state index contributed by atoms with van der Waals surface area (Å²) >= 11 is 0. The second kappa shape index (κ2) is 11.9. The highest BCUT2D eigenvalue weighted by atomic mass is 32.2. The quantitative estimate of drug-likeness (QED) is 0.180. The number of hydrogen-bond acceptors (Lipinski definition) is 8. The van der Waals surface area contributed by atoms with Crippen LogP contribution in [0.4, 0.5) is 17.1 Å². The molecule has 0 aliphatic heterocycles. The number of nitrogens with one attached hydrogen (secondary N) is 2. The van der Waals surface area contributed by atoms with Crippen LogP contribution in [0.15, 0.2) is 42.7 Å². The maximum Gasteiger partial charge on any atom is 0.255 e. The number of amides is 1. The second-order valence-electron chi connectivity index (χ2n) is 12.4. The first-order valence-electron chi connectivity index (χ1n) is 14.2. The van der Waals surface area contributed by atoms with Gasteiger partial charge in [0.2, 0.25) is 10.0 Å². The molecule has 4 rings (SSSR count). The van der Waals surface area contributed by atoms with Crippen molar-refractivity contribution in [2.45, 2.75) is 71.8 Å². The molecule has 0 bridgehead atoms. The number of imidazole rings is 1. The van der Waals surface area contributed by atoms with Crippen LogP contribution >= 0.6 is 0 Å². The molecule has 6 N–H and O–H groups in total. The van der Waals surface area contributed by atoms with Gasteiger partial charge in [0.05, 0.1) is 48.0 Å². The lowest BCUT2D eigenvalue weighted by Crippen LogP contribution is -2.27. The zero-order valence-corrected chi connectivity index (χ0v) is 27.0. The number of carbonyl (C=O) groups excluding carboxylic acids is 1. The van der Waals surface area contributed by atoms with Crippen LogP contribution in [0.3, 0.4) is 0 Å². The van der Waals surface area contributed by atoms with Crippen LogP contribution in [-0.4, -0.2) is 37.2 Å². The van der Waals surface area contributed by atoms with Crippen molar-refractivity contribution in [2.75, 3.05) is 28.4 Å². The van der Waals surface area contributed by atoms with Crippen molar-refractivity contribution < 1.29 is 17.9 Å². The Bertz CT molecular complexity index is 1670. The summed E-state index contributed by atoms with van der Waals surface area (Å²) < 4.78 is 34.4. The molecule has 0 atom stereocenters. The summed E-state index contributed by atoms with van der Waals surface area (Å²) in [6.45, 7) is 12.1. The Labute approximate surface area is 254 Å². The van der Waals surface area contributed by atoms with Crippen molar-refractivity contribution in [3.63, 3.8) is 0 Å². The lowest BCUT2D eigenvalue weighted by Gasteiger charge is -2.24. The van der Waals surface area contributed by atoms with Gasteiger partial charge in [-0.1, -0.05) is 40.7 Å². The predicted molar refractivity (Wildman–Crippen MR) is 173 cm³/mol. The third kappa shape index (κ3) is 7.31. The molecular weight excluding hydrogens is 566 g/mol. The first kappa shape index (κ1) is 31.9. The summed E-state index contributed by atoms with van der Waals surface area (Å²) in [5, 5.41) is 4.31. The molecule has 232 valence electrons. The molecule has 12 heteroatoms. The number of aryl methyl sites for hydroxylation is 1. The molecule has 1 saturated carbocycles. The van der Waals surface area contributed by atoms with Crippen LogP contribution in [0.5, 0.6) is 5.75 Å². The third-order valence-corrected chi connectivity index (χ3v) is 7.87. The summed E-state index contributed by atoms with van der Waals surface area (Å²) in [5.74, 6) is 7.51. The highest BCUT2D eigenvalue weighted by molar-refractivity contribution is 7.92. The molecule has 1 aliphatic rings. The van der Waals surface area contributed by atoms with Crippen LogP contribution < -0.4 is 31.4 Å². The number of methoxy groups -OCH3 is 1. The van der Waals surface area contributed by atoms with Crippen LogP contribution in [0.25, 0.3) is 5.70 Å². The highest BCUT2D eigenvalue weighted by Crippen LogP contribution is 2.40. The fourth-order valence-corrected chi connectivity index (χ4v) is 5.44. The predicted octanol–water partition coefficient (Wildman–Crippen LogP) is 5.22. The van der Waals surface area contributed by atoms with Crippen molar-refractivity contribution >= 4 is 38.7 Å². The van der Waals surface area contributed by atoms with E-state index >= 15 is 0 Å². The largest absolute Gasteiger partial charge is 0.492 e. The van der Waals surface area contributed by atoms with E-state index in [0.29, 0.717) is 28.7 Å². The van der Waals surface area contributed by atoms with Crippen molar-refractivity contribution in [1.29, 1.82) is 0 Å². The number of rotatable bonds is 10. The first-order chi connectivity index (χ1) is 20.0. The van der Waals surface area contributed by atoms with E-state index in [2.05, 4.69) is 33.4 Å². The van der Waals surface area contributed by atoms with Gasteiger partial charge in [0.1, 0.15) is 5.82 Å². The molecule has 1 amide bonds. The normalized spacial score (nSPS) is 14.1. The molecule has 0 radical (unpaired) electrons. The number of carbonyl (C=O) groups is 1.